The van der Waals surface area contributed by atoms with E-state index in [1.54, 1.807) is 12.1 Å². The average Bonchev–Trinajstić information content (AvgIpc) is 2.97. The zero-order valence-corrected chi connectivity index (χ0v) is 26.6. The van der Waals surface area contributed by atoms with Gasteiger partial charge in [0.15, 0.2) is 0 Å². The molecule has 1 unspecified atom stereocenters. The van der Waals surface area contributed by atoms with E-state index in [-0.39, 0.29) is 10.6 Å². The number of non-ortho nitro benzene ring substituents is 1. The second-order valence-electron chi connectivity index (χ2n) is 11.0. The van der Waals surface area contributed by atoms with Gasteiger partial charge in [-0.15, -0.1) is 0 Å². The van der Waals surface area contributed by atoms with Crippen LogP contribution in [-0.4, -0.2) is 152 Å². The van der Waals surface area contributed by atoms with E-state index in [0.717, 1.165) is 118 Å². The van der Waals surface area contributed by atoms with Gasteiger partial charge in [-0.05, 0) is 51.3 Å². The average molecular weight is 562 g/mol. The van der Waals surface area contributed by atoms with Gasteiger partial charge in [0.05, 0.1) is 4.92 Å². The van der Waals surface area contributed by atoms with E-state index in [9.17, 15) is 10.1 Å². The lowest BCUT2D eigenvalue weighted by molar-refractivity contribution is -0.384. The molecule has 0 radical (unpaired) electrons. The van der Waals surface area contributed by atoms with E-state index in [0.29, 0.717) is 6.04 Å². The second-order valence-corrected chi connectivity index (χ2v) is 11.0. The maximum atomic E-state index is 11.2. The van der Waals surface area contributed by atoms with Crippen molar-refractivity contribution < 1.29 is 4.92 Å². The van der Waals surface area contributed by atoms with Crippen molar-refractivity contribution in [2.75, 3.05) is 111 Å². The number of rotatable bonds is 9. The van der Waals surface area contributed by atoms with Gasteiger partial charge in [0.25, 0.3) is 5.69 Å². The van der Waals surface area contributed by atoms with Crippen LogP contribution in [0, 0.1) is 10.1 Å². The summed E-state index contributed by atoms with van der Waals surface area (Å²) in [5, 5.41) is 11.2. The number of hydrogen-bond acceptors (Lipinski definition) is 8. The number of nitro benzene ring substituents is 1. The van der Waals surface area contributed by atoms with E-state index in [1.807, 2.05) is 12.1 Å². The molecule has 0 saturated carbocycles. The molecular formula is C31H59N7O2. The Kier molecular flexibility index (Phi) is 16.9. The Morgan fingerprint density at radius 1 is 0.600 bits per heavy atom. The summed E-state index contributed by atoms with van der Waals surface area (Å²) in [6.07, 6.45) is 0.904. The third kappa shape index (κ3) is 12.1. The minimum Gasteiger partial charge on any atom is -0.301 e. The molecule has 1 aliphatic rings. The fraction of sp³-hybridized carbons (Fsp3) is 0.806. The van der Waals surface area contributed by atoms with Crippen molar-refractivity contribution in [2.45, 2.75) is 54.0 Å². The molecule has 0 amide bonds. The summed E-state index contributed by atoms with van der Waals surface area (Å²) in [6, 6.07) is 7.57. The maximum Gasteiger partial charge on any atom is 0.269 e. The van der Waals surface area contributed by atoms with Crippen molar-refractivity contribution in [3.05, 3.63) is 39.9 Å². The lowest BCUT2D eigenvalue weighted by Crippen LogP contribution is -2.50. The van der Waals surface area contributed by atoms with E-state index in [4.69, 9.17) is 0 Å². The van der Waals surface area contributed by atoms with Gasteiger partial charge in [0.2, 0.25) is 0 Å². The lowest BCUT2D eigenvalue weighted by Gasteiger charge is -2.37. The highest BCUT2D eigenvalue weighted by molar-refractivity contribution is 5.33. The smallest absolute Gasteiger partial charge is 0.269 e. The van der Waals surface area contributed by atoms with Crippen LogP contribution >= 0.6 is 0 Å². The standard InChI is InChI=1S/C31H59N7O2/c1-7-32-17-18-33(8-2)21-22-35(10-4)25-26-37(12-6)31(27-29-13-15-30(16-14-29)38(39)40)28-36(11-5)24-23-34(9-3)20-19-32/h13-16,31H,7-12,17-28H2,1-6H3. The van der Waals surface area contributed by atoms with E-state index in [1.165, 1.54) is 5.56 Å². The minimum absolute atomic E-state index is 0.164. The molecule has 230 valence electrons. The zero-order valence-electron chi connectivity index (χ0n) is 26.6. The van der Waals surface area contributed by atoms with Gasteiger partial charge in [-0.1, -0.05) is 53.7 Å². The van der Waals surface area contributed by atoms with Crippen molar-refractivity contribution in [3.8, 4) is 0 Å². The molecule has 0 bridgehead atoms. The van der Waals surface area contributed by atoms with E-state index < -0.39 is 0 Å². The quantitative estimate of drug-likeness (QED) is 0.336. The van der Waals surface area contributed by atoms with Gasteiger partial charge >= 0.3 is 0 Å². The highest BCUT2D eigenvalue weighted by atomic mass is 16.6. The SMILES string of the molecule is CCN1CCN(CC)CCN(CC)CCN(CC)C(Cc2ccc([N+](=O)[O-])cc2)CN(CC)CCN(CC)CC1. The molecule has 1 saturated heterocycles. The molecule has 1 aliphatic heterocycles. The summed E-state index contributed by atoms with van der Waals surface area (Å²) in [7, 11) is 0. The first-order valence-electron chi connectivity index (χ1n) is 16.0. The Morgan fingerprint density at radius 3 is 1.32 bits per heavy atom. The number of likely N-dealkylation sites (N-methyl/N-ethyl adjacent to an activating group) is 6. The molecule has 0 aromatic heterocycles. The molecule has 1 heterocycles. The monoisotopic (exact) mass is 561 g/mol. The Morgan fingerprint density at radius 2 is 0.975 bits per heavy atom. The molecule has 1 aromatic rings. The number of hydrogen-bond donors (Lipinski definition) is 0. The van der Waals surface area contributed by atoms with Crippen molar-refractivity contribution >= 4 is 5.69 Å². The van der Waals surface area contributed by atoms with Crippen molar-refractivity contribution in [2.24, 2.45) is 0 Å². The van der Waals surface area contributed by atoms with Crippen LogP contribution in [0.3, 0.4) is 0 Å². The van der Waals surface area contributed by atoms with Crippen LogP contribution in [-0.2, 0) is 6.42 Å². The Labute approximate surface area is 245 Å². The molecule has 1 aromatic carbocycles. The molecule has 0 aliphatic carbocycles. The van der Waals surface area contributed by atoms with Gasteiger partial charge in [-0.25, -0.2) is 0 Å². The summed E-state index contributed by atoms with van der Waals surface area (Å²) >= 11 is 0. The molecule has 1 atom stereocenters. The second kappa shape index (κ2) is 19.5. The van der Waals surface area contributed by atoms with Gasteiger partial charge in [-0.3, -0.25) is 15.0 Å². The molecule has 0 N–H and O–H groups in total. The van der Waals surface area contributed by atoms with Crippen LogP contribution in [0.2, 0.25) is 0 Å². The molecule has 9 nitrogen and oxygen atoms in total. The molecular weight excluding hydrogens is 502 g/mol. The van der Waals surface area contributed by atoms with Crippen molar-refractivity contribution in [1.82, 2.24) is 29.4 Å². The van der Waals surface area contributed by atoms with E-state index >= 15 is 0 Å². The summed E-state index contributed by atoms with van der Waals surface area (Å²) < 4.78 is 0. The van der Waals surface area contributed by atoms with E-state index in [2.05, 4.69) is 70.9 Å². The summed E-state index contributed by atoms with van der Waals surface area (Å²) in [6.45, 7) is 32.1. The van der Waals surface area contributed by atoms with Crippen LogP contribution < -0.4 is 0 Å². The van der Waals surface area contributed by atoms with Gasteiger partial charge in [-0.2, -0.15) is 0 Å². The predicted octanol–water partition coefficient (Wildman–Crippen LogP) is 3.45. The topological polar surface area (TPSA) is 62.6 Å². The predicted molar refractivity (Wildman–Crippen MR) is 168 cm³/mol. The molecule has 2 rings (SSSR count). The number of nitrogens with zero attached hydrogens (tertiary/aromatic N) is 7. The fourth-order valence-corrected chi connectivity index (χ4v) is 5.72. The van der Waals surface area contributed by atoms with Crippen molar-refractivity contribution in [1.29, 1.82) is 0 Å². The van der Waals surface area contributed by atoms with Crippen LogP contribution in [0.1, 0.15) is 47.1 Å². The molecule has 1 fully saturated rings. The van der Waals surface area contributed by atoms with Gasteiger partial charge in [0, 0.05) is 90.2 Å². The van der Waals surface area contributed by atoms with Gasteiger partial charge < -0.3 is 24.5 Å². The first kappa shape index (κ1) is 34.6. The highest BCUT2D eigenvalue weighted by Crippen LogP contribution is 2.16. The summed E-state index contributed by atoms with van der Waals surface area (Å²) in [4.78, 5) is 26.6. The lowest BCUT2D eigenvalue weighted by atomic mass is 10.0. The fourth-order valence-electron chi connectivity index (χ4n) is 5.72. The minimum atomic E-state index is -0.310. The molecule has 9 heteroatoms. The largest absolute Gasteiger partial charge is 0.301 e. The normalized spacial score (nSPS) is 22.2. The zero-order chi connectivity index (χ0) is 29.3. The number of nitro groups is 1. The van der Waals surface area contributed by atoms with Crippen LogP contribution in [0.4, 0.5) is 5.69 Å². The van der Waals surface area contributed by atoms with Crippen LogP contribution in [0.25, 0.3) is 0 Å². The van der Waals surface area contributed by atoms with Crippen LogP contribution in [0.5, 0.6) is 0 Å². The Hall–Kier alpha value is -1.62. The van der Waals surface area contributed by atoms with Crippen molar-refractivity contribution in [3.63, 3.8) is 0 Å². The number of benzene rings is 1. The first-order chi connectivity index (χ1) is 19.4. The Bertz CT molecular complexity index is 809. The third-order valence-electron chi connectivity index (χ3n) is 8.88. The Balaban J connectivity index is 2.26. The molecule has 40 heavy (non-hydrogen) atoms. The summed E-state index contributed by atoms with van der Waals surface area (Å²) in [5.74, 6) is 0. The first-order valence-corrected chi connectivity index (χ1v) is 16.0. The maximum absolute atomic E-state index is 11.2. The summed E-state index contributed by atoms with van der Waals surface area (Å²) in [5.41, 5.74) is 1.34. The molecule has 0 spiro atoms. The van der Waals surface area contributed by atoms with Gasteiger partial charge in [0.1, 0.15) is 0 Å². The van der Waals surface area contributed by atoms with Crippen LogP contribution in [0.15, 0.2) is 24.3 Å². The highest BCUT2D eigenvalue weighted by Gasteiger charge is 2.22. The third-order valence-corrected chi connectivity index (χ3v) is 8.88.